The largest absolute Gasteiger partial charge is 0.392 e. The summed E-state index contributed by atoms with van der Waals surface area (Å²) in [6.07, 6.45) is -0.865. The van der Waals surface area contributed by atoms with E-state index in [2.05, 4.69) is 47.1 Å². The summed E-state index contributed by atoms with van der Waals surface area (Å²) in [6.45, 7) is 6.56. The number of aliphatic hydroxyl groups is 1. The van der Waals surface area contributed by atoms with Crippen LogP contribution >= 0.6 is 11.8 Å². The molecule has 0 bridgehead atoms. The SMILES string of the molecule is CCNC(=O)NCc1cccc(-c2ccc(C3OC(CSc4ccc(NC(C)=O)cc4)C(C)C(c4ccc(CO)cc4)O3)cc2)c1. The summed E-state index contributed by atoms with van der Waals surface area (Å²) in [4.78, 5) is 24.3. The van der Waals surface area contributed by atoms with E-state index >= 15 is 0 Å². The Hall–Kier alpha value is -4.15. The van der Waals surface area contributed by atoms with Gasteiger partial charge in [0.05, 0.1) is 18.8 Å². The molecule has 0 saturated carbocycles. The first-order valence-corrected chi connectivity index (χ1v) is 16.5. The number of ether oxygens (including phenoxy) is 2. The standard InChI is InChI=1S/C37H41N3O5S/c1-4-38-37(43)39-21-27-6-5-7-31(20-27)28-12-14-30(15-13-28)36-44-34(23-46-33-18-16-32(17-19-33)40-25(3)42)24(2)35(45-36)29-10-8-26(22-41)9-11-29/h5-20,24,34-36,41H,4,21-23H2,1-3H3,(H,40,42)(H2,38,39,43). The van der Waals surface area contributed by atoms with Gasteiger partial charge in [-0.25, -0.2) is 4.79 Å². The summed E-state index contributed by atoms with van der Waals surface area (Å²) in [6, 6.07) is 31.9. The highest BCUT2D eigenvalue weighted by Crippen LogP contribution is 2.43. The first kappa shape index (κ1) is 33.2. The van der Waals surface area contributed by atoms with Gasteiger partial charge in [-0.1, -0.05) is 73.7 Å². The molecule has 4 aromatic rings. The third-order valence-corrected chi connectivity index (χ3v) is 9.05. The zero-order valence-corrected chi connectivity index (χ0v) is 27.2. The Labute approximate surface area is 274 Å². The van der Waals surface area contributed by atoms with E-state index in [9.17, 15) is 14.7 Å². The molecule has 0 radical (unpaired) electrons. The molecule has 1 fully saturated rings. The van der Waals surface area contributed by atoms with Gasteiger partial charge in [-0.05, 0) is 65.1 Å². The summed E-state index contributed by atoms with van der Waals surface area (Å²) in [5, 5.41) is 18.0. The van der Waals surface area contributed by atoms with Crippen molar-refractivity contribution in [1.29, 1.82) is 0 Å². The van der Waals surface area contributed by atoms with Crippen molar-refractivity contribution in [3.05, 3.63) is 119 Å². The zero-order chi connectivity index (χ0) is 32.5. The minimum Gasteiger partial charge on any atom is -0.392 e. The highest BCUT2D eigenvalue weighted by atomic mass is 32.2. The molecule has 46 heavy (non-hydrogen) atoms. The smallest absolute Gasteiger partial charge is 0.315 e. The van der Waals surface area contributed by atoms with Gasteiger partial charge in [-0.3, -0.25) is 4.79 Å². The van der Waals surface area contributed by atoms with Crippen molar-refractivity contribution in [2.75, 3.05) is 17.6 Å². The first-order valence-electron chi connectivity index (χ1n) is 15.5. The number of nitrogens with one attached hydrogen (secondary N) is 3. The topological polar surface area (TPSA) is 109 Å². The lowest BCUT2D eigenvalue weighted by Gasteiger charge is -2.41. The van der Waals surface area contributed by atoms with E-state index in [1.165, 1.54) is 6.92 Å². The van der Waals surface area contributed by atoms with Crippen molar-refractivity contribution in [3.8, 4) is 11.1 Å². The molecule has 0 aliphatic carbocycles. The van der Waals surface area contributed by atoms with Gasteiger partial charge in [0.2, 0.25) is 5.91 Å². The van der Waals surface area contributed by atoms with Crippen LogP contribution in [0, 0.1) is 5.92 Å². The number of aliphatic hydroxyl groups excluding tert-OH is 1. The van der Waals surface area contributed by atoms with Crippen LogP contribution in [-0.4, -0.2) is 35.4 Å². The molecule has 4 unspecified atom stereocenters. The predicted molar refractivity (Wildman–Crippen MR) is 182 cm³/mol. The molecule has 3 amide bonds. The normalized spacial score (nSPS) is 19.3. The number of hydrogen-bond donors (Lipinski definition) is 4. The molecule has 1 saturated heterocycles. The molecule has 0 aromatic heterocycles. The minimum absolute atomic E-state index is 0.00690. The number of amides is 3. The van der Waals surface area contributed by atoms with E-state index in [1.807, 2.05) is 79.7 Å². The molecular formula is C37H41N3O5S. The Bertz CT molecular complexity index is 1600. The highest BCUT2D eigenvalue weighted by Gasteiger charge is 2.38. The van der Waals surface area contributed by atoms with Crippen LogP contribution < -0.4 is 16.0 Å². The number of carbonyl (C=O) groups excluding carboxylic acids is 2. The van der Waals surface area contributed by atoms with Crippen LogP contribution in [-0.2, 0) is 27.4 Å². The lowest BCUT2D eigenvalue weighted by molar-refractivity contribution is -0.268. The number of anilines is 1. The Morgan fingerprint density at radius 1 is 0.826 bits per heavy atom. The van der Waals surface area contributed by atoms with E-state index in [0.717, 1.165) is 49.7 Å². The average molecular weight is 640 g/mol. The molecule has 9 heteroatoms. The maximum Gasteiger partial charge on any atom is 0.315 e. The second-order valence-electron chi connectivity index (χ2n) is 11.4. The fourth-order valence-corrected chi connectivity index (χ4v) is 6.49. The number of carbonyl (C=O) groups is 2. The third kappa shape index (κ3) is 8.76. The quantitative estimate of drug-likeness (QED) is 0.129. The lowest BCUT2D eigenvalue weighted by atomic mass is 9.91. The molecule has 1 aliphatic heterocycles. The molecule has 4 atom stereocenters. The Balaban J connectivity index is 1.32. The zero-order valence-electron chi connectivity index (χ0n) is 26.4. The average Bonchev–Trinajstić information content (AvgIpc) is 3.08. The van der Waals surface area contributed by atoms with Gasteiger partial charge in [0, 0.05) is 47.8 Å². The minimum atomic E-state index is -0.562. The van der Waals surface area contributed by atoms with E-state index in [1.54, 1.807) is 11.8 Å². The molecule has 4 aromatic carbocycles. The summed E-state index contributed by atoms with van der Waals surface area (Å²) in [7, 11) is 0. The Kier molecular flexibility index (Phi) is 11.5. The van der Waals surface area contributed by atoms with E-state index < -0.39 is 6.29 Å². The van der Waals surface area contributed by atoms with Crippen LogP contribution in [0.25, 0.3) is 11.1 Å². The van der Waals surface area contributed by atoms with Gasteiger partial charge in [-0.15, -0.1) is 11.8 Å². The van der Waals surface area contributed by atoms with Crippen LogP contribution in [0.15, 0.2) is 102 Å². The van der Waals surface area contributed by atoms with Crippen molar-refractivity contribution < 1.29 is 24.2 Å². The van der Waals surface area contributed by atoms with E-state index in [0.29, 0.717) is 13.1 Å². The van der Waals surface area contributed by atoms with Gasteiger partial charge in [-0.2, -0.15) is 0 Å². The summed E-state index contributed by atoms with van der Waals surface area (Å²) in [5.41, 5.74) is 6.72. The van der Waals surface area contributed by atoms with Crippen LogP contribution in [0.3, 0.4) is 0 Å². The van der Waals surface area contributed by atoms with Crippen molar-refractivity contribution >= 4 is 29.4 Å². The highest BCUT2D eigenvalue weighted by molar-refractivity contribution is 7.99. The predicted octanol–water partition coefficient (Wildman–Crippen LogP) is 7.21. The maximum absolute atomic E-state index is 11.8. The molecule has 240 valence electrons. The summed E-state index contributed by atoms with van der Waals surface area (Å²) < 4.78 is 13.3. The van der Waals surface area contributed by atoms with Crippen LogP contribution in [0.5, 0.6) is 0 Å². The van der Waals surface area contributed by atoms with Gasteiger partial charge in [0.1, 0.15) is 0 Å². The molecule has 4 N–H and O–H groups in total. The van der Waals surface area contributed by atoms with Crippen molar-refractivity contribution in [2.45, 2.75) is 57.3 Å². The van der Waals surface area contributed by atoms with Gasteiger partial charge in [0.15, 0.2) is 6.29 Å². The fraction of sp³-hybridized carbons (Fsp3) is 0.297. The number of thioether (sulfide) groups is 1. The monoisotopic (exact) mass is 639 g/mol. The first-order chi connectivity index (χ1) is 22.3. The number of hydrogen-bond acceptors (Lipinski definition) is 6. The maximum atomic E-state index is 11.8. The van der Waals surface area contributed by atoms with Gasteiger partial charge >= 0.3 is 6.03 Å². The van der Waals surface area contributed by atoms with Crippen molar-refractivity contribution in [3.63, 3.8) is 0 Å². The third-order valence-electron chi connectivity index (χ3n) is 7.95. The molecule has 5 rings (SSSR count). The fourth-order valence-electron chi connectivity index (χ4n) is 5.42. The Morgan fingerprint density at radius 2 is 1.54 bits per heavy atom. The molecular weight excluding hydrogens is 598 g/mol. The van der Waals surface area contributed by atoms with E-state index in [4.69, 9.17) is 9.47 Å². The van der Waals surface area contributed by atoms with E-state index in [-0.39, 0.29) is 36.7 Å². The summed E-state index contributed by atoms with van der Waals surface area (Å²) in [5.74, 6) is 0.694. The van der Waals surface area contributed by atoms with Gasteiger partial charge in [0.25, 0.3) is 0 Å². The van der Waals surface area contributed by atoms with Crippen molar-refractivity contribution in [2.24, 2.45) is 5.92 Å². The van der Waals surface area contributed by atoms with Crippen molar-refractivity contribution in [1.82, 2.24) is 10.6 Å². The molecule has 0 spiro atoms. The van der Waals surface area contributed by atoms with Crippen LogP contribution in [0.4, 0.5) is 10.5 Å². The number of benzene rings is 4. The molecule has 8 nitrogen and oxygen atoms in total. The van der Waals surface area contributed by atoms with Crippen LogP contribution in [0.1, 0.15) is 55.4 Å². The van der Waals surface area contributed by atoms with Gasteiger partial charge < -0.3 is 30.5 Å². The Morgan fingerprint density at radius 3 is 2.22 bits per heavy atom. The molecule has 1 aliphatic rings. The number of rotatable bonds is 11. The second kappa shape index (κ2) is 15.9. The number of urea groups is 1. The van der Waals surface area contributed by atoms with Crippen LogP contribution in [0.2, 0.25) is 0 Å². The lowest BCUT2D eigenvalue weighted by Crippen LogP contribution is -2.38. The second-order valence-corrected chi connectivity index (χ2v) is 12.5. The summed E-state index contributed by atoms with van der Waals surface area (Å²) >= 11 is 1.71. The molecule has 1 heterocycles.